The number of carboxylic acids is 1. The molecule has 8 heteroatoms. The highest BCUT2D eigenvalue weighted by Crippen LogP contribution is 2.33. The van der Waals surface area contributed by atoms with Crippen molar-refractivity contribution in [3.05, 3.63) is 28.2 Å². The second kappa shape index (κ2) is 7.85. The number of anilines is 1. The first-order valence-corrected chi connectivity index (χ1v) is 8.40. The standard InChI is InChI=1S/C16H18Cl2N2O4/c1-2-3-12(16(23)24)19-14(21)10-6-7-20(15(10)22)13-8-9(17)4-5-11(13)18/h4-5,8,10,12H,2-3,6-7H2,1H3,(H,19,21)(H,23,24). The number of carboxylic acid groups (broad SMARTS) is 1. The SMILES string of the molecule is CCCC(NC(=O)C1CCN(c2cc(Cl)ccc2Cl)C1=O)C(=O)O. The number of carbonyl (C=O) groups is 3. The van der Waals surface area contributed by atoms with Crippen LogP contribution in [0.5, 0.6) is 0 Å². The van der Waals surface area contributed by atoms with Gasteiger partial charge in [-0.2, -0.15) is 0 Å². The molecule has 24 heavy (non-hydrogen) atoms. The molecule has 0 aliphatic carbocycles. The van der Waals surface area contributed by atoms with Gasteiger partial charge in [0.15, 0.2) is 0 Å². The number of carbonyl (C=O) groups excluding carboxylic acids is 2. The largest absolute Gasteiger partial charge is 0.480 e. The number of hydrogen-bond acceptors (Lipinski definition) is 3. The smallest absolute Gasteiger partial charge is 0.326 e. The third-order valence-corrected chi connectivity index (χ3v) is 4.47. The van der Waals surface area contributed by atoms with Crippen LogP contribution in [0.3, 0.4) is 0 Å². The van der Waals surface area contributed by atoms with Crippen LogP contribution in [0.25, 0.3) is 0 Å². The zero-order valence-corrected chi connectivity index (χ0v) is 14.6. The van der Waals surface area contributed by atoms with Crippen molar-refractivity contribution >= 4 is 46.7 Å². The van der Waals surface area contributed by atoms with Crippen LogP contribution in [0.15, 0.2) is 18.2 Å². The van der Waals surface area contributed by atoms with E-state index in [2.05, 4.69) is 5.32 Å². The van der Waals surface area contributed by atoms with E-state index in [1.54, 1.807) is 18.2 Å². The summed E-state index contributed by atoms with van der Waals surface area (Å²) in [7, 11) is 0. The van der Waals surface area contributed by atoms with E-state index < -0.39 is 29.7 Å². The molecule has 0 saturated carbocycles. The van der Waals surface area contributed by atoms with Gasteiger partial charge in [-0.1, -0.05) is 36.5 Å². The molecule has 1 aromatic rings. The Morgan fingerprint density at radius 2 is 2.12 bits per heavy atom. The second-order valence-electron chi connectivity index (χ2n) is 5.61. The molecule has 1 fully saturated rings. The van der Waals surface area contributed by atoms with Crippen LogP contribution in [0.4, 0.5) is 5.69 Å². The number of nitrogens with one attached hydrogen (secondary N) is 1. The van der Waals surface area contributed by atoms with Gasteiger partial charge in [-0.25, -0.2) is 4.79 Å². The molecule has 2 unspecified atom stereocenters. The van der Waals surface area contributed by atoms with Crippen molar-refractivity contribution in [3.63, 3.8) is 0 Å². The Hall–Kier alpha value is -1.79. The fraction of sp³-hybridized carbons (Fsp3) is 0.438. The van der Waals surface area contributed by atoms with Crippen LogP contribution in [-0.4, -0.2) is 35.5 Å². The topological polar surface area (TPSA) is 86.7 Å². The maximum absolute atomic E-state index is 12.5. The molecule has 2 N–H and O–H groups in total. The summed E-state index contributed by atoms with van der Waals surface area (Å²) < 4.78 is 0. The molecule has 130 valence electrons. The molecule has 0 spiro atoms. The number of rotatable bonds is 6. The van der Waals surface area contributed by atoms with Gasteiger partial charge in [-0.05, 0) is 31.0 Å². The lowest BCUT2D eigenvalue weighted by Crippen LogP contribution is -2.45. The lowest BCUT2D eigenvalue weighted by atomic mass is 10.1. The van der Waals surface area contributed by atoms with E-state index >= 15 is 0 Å². The van der Waals surface area contributed by atoms with Crippen molar-refractivity contribution < 1.29 is 19.5 Å². The number of benzene rings is 1. The maximum atomic E-state index is 12.5. The summed E-state index contributed by atoms with van der Waals surface area (Å²) in [5.74, 6) is -3.00. The van der Waals surface area contributed by atoms with E-state index in [0.717, 1.165) is 0 Å². The minimum Gasteiger partial charge on any atom is -0.480 e. The van der Waals surface area contributed by atoms with E-state index in [1.807, 2.05) is 6.92 Å². The molecule has 1 heterocycles. The molecule has 0 aromatic heterocycles. The predicted octanol–water partition coefficient (Wildman–Crippen LogP) is 2.72. The molecule has 2 rings (SSSR count). The summed E-state index contributed by atoms with van der Waals surface area (Å²) in [4.78, 5) is 37.4. The summed E-state index contributed by atoms with van der Waals surface area (Å²) in [6, 6.07) is 3.78. The van der Waals surface area contributed by atoms with Crippen LogP contribution < -0.4 is 10.2 Å². The van der Waals surface area contributed by atoms with Crippen molar-refractivity contribution in [1.82, 2.24) is 5.32 Å². The minimum absolute atomic E-state index is 0.298. The number of hydrogen-bond donors (Lipinski definition) is 2. The zero-order chi connectivity index (χ0) is 17.9. The van der Waals surface area contributed by atoms with E-state index in [4.69, 9.17) is 28.3 Å². The molecule has 2 atom stereocenters. The molecule has 6 nitrogen and oxygen atoms in total. The highest BCUT2D eigenvalue weighted by molar-refractivity contribution is 6.36. The molecule has 1 aromatic carbocycles. The monoisotopic (exact) mass is 372 g/mol. The highest BCUT2D eigenvalue weighted by Gasteiger charge is 2.39. The lowest BCUT2D eigenvalue weighted by Gasteiger charge is -2.19. The second-order valence-corrected chi connectivity index (χ2v) is 6.46. The Morgan fingerprint density at radius 1 is 1.42 bits per heavy atom. The highest BCUT2D eigenvalue weighted by atomic mass is 35.5. The summed E-state index contributed by atoms with van der Waals surface area (Å²) in [5.41, 5.74) is 0.452. The Kier molecular flexibility index (Phi) is 6.07. The number of amides is 2. The predicted molar refractivity (Wildman–Crippen MR) is 91.4 cm³/mol. The van der Waals surface area contributed by atoms with E-state index in [1.165, 1.54) is 4.90 Å². The summed E-state index contributed by atoms with van der Waals surface area (Å²) in [5, 5.41) is 12.4. The fourth-order valence-corrected chi connectivity index (χ4v) is 3.06. The van der Waals surface area contributed by atoms with Gasteiger partial charge in [0, 0.05) is 11.6 Å². The average molecular weight is 373 g/mol. The van der Waals surface area contributed by atoms with Crippen molar-refractivity contribution in [3.8, 4) is 0 Å². The maximum Gasteiger partial charge on any atom is 0.326 e. The van der Waals surface area contributed by atoms with Gasteiger partial charge >= 0.3 is 5.97 Å². The van der Waals surface area contributed by atoms with Gasteiger partial charge in [-0.3, -0.25) is 9.59 Å². The Morgan fingerprint density at radius 3 is 2.75 bits per heavy atom. The zero-order valence-electron chi connectivity index (χ0n) is 13.1. The summed E-state index contributed by atoms with van der Waals surface area (Å²) in [6.07, 6.45) is 1.22. The molecular formula is C16H18Cl2N2O4. The molecule has 2 amide bonds. The minimum atomic E-state index is -1.11. The molecular weight excluding hydrogens is 355 g/mol. The Balaban J connectivity index is 2.12. The first-order valence-electron chi connectivity index (χ1n) is 7.64. The fourth-order valence-electron chi connectivity index (χ4n) is 2.67. The first kappa shape index (κ1) is 18.5. The van der Waals surface area contributed by atoms with Gasteiger partial charge in [0.1, 0.15) is 12.0 Å². The molecule has 1 saturated heterocycles. The number of nitrogens with zero attached hydrogens (tertiary/aromatic N) is 1. The third-order valence-electron chi connectivity index (χ3n) is 3.91. The van der Waals surface area contributed by atoms with E-state index in [-0.39, 0.29) is 0 Å². The van der Waals surface area contributed by atoms with Crippen molar-refractivity contribution in [2.45, 2.75) is 32.2 Å². The van der Waals surface area contributed by atoms with Gasteiger partial charge in [0.05, 0.1) is 10.7 Å². The van der Waals surface area contributed by atoms with E-state index in [0.29, 0.717) is 41.5 Å². The van der Waals surface area contributed by atoms with Crippen LogP contribution in [0.1, 0.15) is 26.2 Å². The average Bonchev–Trinajstić information content (AvgIpc) is 2.90. The van der Waals surface area contributed by atoms with Gasteiger partial charge < -0.3 is 15.3 Å². The van der Waals surface area contributed by atoms with Crippen molar-refractivity contribution in [1.29, 1.82) is 0 Å². The van der Waals surface area contributed by atoms with Gasteiger partial charge in [0.25, 0.3) is 0 Å². The third kappa shape index (κ3) is 3.99. The Bertz CT molecular complexity index is 665. The van der Waals surface area contributed by atoms with E-state index in [9.17, 15) is 14.4 Å². The molecule has 0 radical (unpaired) electrons. The van der Waals surface area contributed by atoms with Crippen LogP contribution in [-0.2, 0) is 14.4 Å². The summed E-state index contributed by atoms with van der Waals surface area (Å²) in [6.45, 7) is 2.15. The molecule has 0 bridgehead atoms. The van der Waals surface area contributed by atoms with Crippen molar-refractivity contribution in [2.75, 3.05) is 11.4 Å². The normalized spacial score (nSPS) is 18.5. The molecule has 1 aliphatic heterocycles. The Labute approximate surface area is 149 Å². The number of aliphatic carboxylic acids is 1. The first-order chi connectivity index (χ1) is 11.3. The van der Waals surface area contributed by atoms with Crippen molar-refractivity contribution in [2.24, 2.45) is 5.92 Å². The van der Waals surface area contributed by atoms with Crippen LogP contribution in [0, 0.1) is 5.92 Å². The lowest BCUT2D eigenvalue weighted by molar-refractivity contribution is -0.143. The van der Waals surface area contributed by atoms with Gasteiger partial charge in [0.2, 0.25) is 11.8 Å². The quantitative estimate of drug-likeness (QED) is 0.751. The van der Waals surface area contributed by atoms with Gasteiger partial charge in [-0.15, -0.1) is 0 Å². The molecule has 1 aliphatic rings. The van der Waals surface area contributed by atoms with Crippen LogP contribution in [0.2, 0.25) is 10.0 Å². The van der Waals surface area contributed by atoms with Crippen LogP contribution >= 0.6 is 23.2 Å². The number of halogens is 2. The summed E-state index contributed by atoms with van der Waals surface area (Å²) >= 11 is 12.0.